The number of unbranched alkanes of at least 4 members (excludes halogenated alkanes) is 1. The number of hydrogen-bond acceptors (Lipinski definition) is 24. The average Bonchev–Trinajstić information content (AvgIpc) is 1.15. The van der Waals surface area contributed by atoms with Gasteiger partial charge in [0, 0.05) is 142 Å². The first-order chi connectivity index (χ1) is 50.9. The third-order valence-electron chi connectivity index (χ3n) is 16.6. The molecule has 0 aliphatic carbocycles. The predicted molar refractivity (Wildman–Crippen MR) is 393 cm³/mol. The van der Waals surface area contributed by atoms with E-state index < -0.39 is 95.5 Å². The lowest BCUT2D eigenvalue weighted by Gasteiger charge is -2.33. The molecule has 5 rings (SSSR count). The molecule has 1 fully saturated rings. The summed E-state index contributed by atoms with van der Waals surface area (Å²) in [5.41, 5.74) is 0.993. The van der Waals surface area contributed by atoms with E-state index in [0.29, 0.717) is 69.0 Å². The van der Waals surface area contributed by atoms with Crippen LogP contribution in [-0.4, -0.2) is 313 Å². The van der Waals surface area contributed by atoms with Crippen molar-refractivity contribution in [1.29, 1.82) is 0 Å². The first-order valence-electron chi connectivity index (χ1n) is 34.9. The van der Waals surface area contributed by atoms with Crippen LogP contribution in [-0.2, 0) is 80.7 Å². The monoisotopic (exact) mass is 1570 g/mol. The topological polar surface area (TPSA) is 514 Å². The average molecular weight is 1570 g/mol. The van der Waals surface area contributed by atoms with Crippen LogP contribution >= 0.6 is 16.8 Å². The van der Waals surface area contributed by atoms with Crippen LogP contribution in [0.5, 0.6) is 5.75 Å². The number of aryl methyl sites for hydroxylation is 3. The van der Waals surface area contributed by atoms with Crippen molar-refractivity contribution >= 4 is 97.1 Å². The molecule has 0 spiro atoms. The molecule has 3 unspecified atom stereocenters. The van der Waals surface area contributed by atoms with Gasteiger partial charge in [-0.2, -0.15) is 4.72 Å². The van der Waals surface area contributed by atoms with E-state index in [1.807, 2.05) is 0 Å². The molecule has 596 valence electrons. The van der Waals surface area contributed by atoms with Gasteiger partial charge in [0.25, 0.3) is 5.91 Å². The van der Waals surface area contributed by atoms with Crippen molar-refractivity contribution in [1.82, 2.24) is 70.3 Å². The van der Waals surface area contributed by atoms with Gasteiger partial charge in [-0.05, 0) is 93.3 Å². The summed E-state index contributed by atoms with van der Waals surface area (Å²) < 4.78 is 65.3. The minimum Gasteiger partial charge on any atom is -0.494 e. The summed E-state index contributed by atoms with van der Waals surface area (Å²) in [7, 11) is -4.95. The lowest BCUT2D eigenvalue weighted by molar-refractivity contribution is -0.140. The fraction of sp³-hybridized carbons (Fsp3) is 0.591. The van der Waals surface area contributed by atoms with E-state index in [2.05, 4.69) is 55.8 Å². The predicted octanol–water partition coefficient (Wildman–Crippen LogP) is -1.61. The number of hydrogen-bond donors (Lipinski definition) is 14. The zero-order valence-corrected chi connectivity index (χ0v) is 63.4. The van der Waals surface area contributed by atoms with Crippen LogP contribution in [0.3, 0.4) is 0 Å². The number of carbonyl (C=O) groups excluding carboxylic acids is 5. The van der Waals surface area contributed by atoms with Gasteiger partial charge in [-0.25, -0.2) is 13.4 Å². The smallest absolute Gasteiger partial charge is 0.339 e. The number of pyridine rings is 1. The Bertz CT molecular complexity index is 3740. The second-order valence-electron chi connectivity index (χ2n) is 25.4. The Kier molecular flexibility index (Phi) is 39.3. The summed E-state index contributed by atoms with van der Waals surface area (Å²) >= 11 is 0. The molecule has 41 heteroatoms. The van der Waals surface area contributed by atoms with Gasteiger partial charge in [0.15, 0.2) is 5.95 Å². The van der Waals surface area contributed by atoms with E-state index in [0.717, 1.165) is 5.56 Å². The SMILES string of the molecule is Cc1cc(OCCCC(=O)NCCCOCCOCCOCCCNC(=O)C(CCCCNC(=O)CN(CP)CP(=O)(O)O)NC(=O)CN2CCN(CC(=O)O)CCN(CC(=O)O)CCN(CC(=O)O)CC2)cc(C)c1S(=O)(=O)NC(CNC(=O)c1cn(C)c2cc(CNc3ncc[nH]3)ccc2c1=O)C(=O)O. The Balaban J connectivity index is 0.963. The first-order valence-corrected chi connectivity index (χ1v) is 39.0. The van der Waals surface area contributed by atoms with Gasteiger partial charge in [0.1, 0.15) is 29.7 Å². The van der Waals surface area contributed by atoms with Gasteiger partial charge < -0.3 is 90.6 Å². The highest BCUT2D eigenvalue weighted by Gasteiger charge is 2.31. The minimum atomic E-state index is -4.49. The Morgan fingerprint density at radius 1 is 0.673 bits per heavy atom. The molecule has 1 aliphatic rings. The molecule has 1 aliphatic heterocycles. The van der Waals surface area contributed by atoms with E-state index >= 15 is 0 Å². The molecular weight excluding hydrogens is 1460 g/mol. The van der Waals surface area contributed by atoms with E-state index in [1.165, 1.54) is 37.1 Å². The summed E-state index contributed by atoms with van der Waals surface area (Å²) in [6.45, 7) is 5.10. The standard InChI is InChI=1S/C66H103N15O23P2S/c1-46-33-49(34-47(2)62(46)107(99,100)75-53(65(94)95)37-72-63(92)51-38-76(3)54-35-48(11-12-50(54)61(51)91)36-73-66-70-16-17-71-66)104-28-6-10-55(82)67-14-7-26-101-29-31-103-32-30-102-27-8-15-69-64(93)52(9-4-5-13-68-56(83)39-81(44-105)45-106(96,97)98)74-57(84)40-77-18-20-78(41-58(85)86)22-24-80(43-60(89)90)25-23-79(21-19-77)42-59(87)88/h11-12,16-17,33-35,38,52-53,75H,4-10,13-15,18-32,36-37,39-45,105H2,1-3H3,(H,67,82)(H,68,83)(H,69,93)(H,72,92)(H,74,84)(H,85,86)(H,87,88)(H,89,90)(H,94,95)(H2,70,71,73)(H2,96,97,98). The Morgan fingerprint density at radius 3 is 1.75 bits per heavy atom. The molecule has 5 amide bonds. The largest absolute Gasteiger partial charge is 0.494 e. The maximum Gasteiger partial charge on any atom is 0.339 e. The highest BCUT2D eigenvalue weighted by atomic mass is 32.2. The number of carboxylic acid groups (broad SMARTS) is 4. The molecule has 3 atom stereocenters. The van der Waals surface area contributed by atoms with Crippen LogP contribution in [0.4, 0.5) is 5.95 Å². The van der Waals surface area contributed by atoms with Crippen LogP contribution in [0.2, 0.25) is 0 Å². The number of aliphatic carboxylic acids is 4. The van der Waals surface area contributed by atoms with Crippen molar-refractivity contribution in [2.75, 3.05) is 175 Å². The summed E-state index contributed by atoms with van der Waals surface area (Å²) in [6.07, 6.45) is 6.41. The number of amides is 5. The Hall–Kier alpha value is -8.14. The van der Waals surface area contributed by atoms with E-state index in [9.17, 15) is 91.1 Å². The van der Waals surface area contributed by atoms with Crippen LogP contribution in [0, 0.1) is 13.8 Å². The minimum absolute atomic E-state index is 0.122. The van der Waals surface area contributed by atoms with E-state index in [-0.39, 0.29) is 190 Å². The Labute approximate surface area is 622 Å². The number of carboxylic acids is 4. The molecule has 0 bridgehead atoms. The van der Waals surface area contributed by atoms with Gasteiger partial charge in [0.2, 0.25) is 39.1 Å². The van der Waals surface area contributed by atoms with Crippen molar-refractivity contribution in [3.63, 3.8) is 0 Å². The number of carbonyl (C=O) groups is 9. The number of aromatic nitrogens is 3. The van der Waals surface area contributed by atoms with E-state index in [4.69, 9.17) is 18.9 Å². The second-order valence-corrected chi connectivity index (χ2v) is 29.1. The fourth-order valence-corrected chi connectivity index (χ4v) is 14.2. The zero-order valence-electron chi connectivity index (χ0n) is 60.5. The van der Waals surface area contributed by atoms with Crippen molar-refractivity contribution in [2.24, 2.45) is 7.05 Å². The van der Waals surface area contributed by atoms with Gasteiger partial charge in [-0.15, -0.1) is 9.24 Å². The molecule has 0 radical (unpaired) electrons. The molecule has 38 nitrogen and oxygen atoms in total. The maximum atomic E-state index is 13.8. The van der Waals surface area contributed by atoms with Gasteiger partial charge >= 0.3 is 31.5 Å². The number of H-pyrrole nitrogens is 1. The number of nitrogens with zero attached hydrogens (tertiary/aromatic N) is 7. The quantitative estimate of drug-likeness (QED) is 0.0175. The number of nitrogens with one attached hydrogen (secondary N) is 8. The molecule has 107 heavy (non-hydrogen) atoms. The van der Waals surface area contributed by atoms with Gasteiger partial charge in [0.05, 0.1) is 76.2 Å². The number of benzene rings is 2. The lowest BCUT2D eigenvalue weighted by atomic mass is 10.1. The molecule has 4 aromatic rings. The maximum absolute atomic E-state index is 13.8. The number of sulfonamides is 1. The molecule has 3 heterocycles. The van der Waals surface area contributed by atoms with Gasteiger partial charge in [-0.1, -0.05) is 6.07 Å². The molecule has 2 aromatic heterocycles. The number of fused-ring (bicyclic) bond motifs is 1. The third-order valence-corrected chi connectivity index (χ3v) is 19.7. The van der Waals surface area contributed by atoms with Crippen molar-refractivity contribution < 1.29 is 105 Å². The van der Waals surface area contributed by atoms with Crippen LogP contribution in [0.25, 0.3) is 10.9 Å². The zero-order chi connectivity index (χ0) is 78.5. The highest BCUT2D eigenvalue weighted by Crippen LogP contribution is 2.35. The summed E-state index contributed by atoms with van der Waals surface area (Å²) in [4.78, 5) is 160. The molecule has 1 saturated heterocycles. The summed E-state index contributed by atoms with van der Waals surface area (Å²) in [6, 6.07) is 5.19. The molecule has 14 N–H and O–H groups in total. The number of aromatic amines is 1. The van der Waals surface area contributed by atoms with Crippen molar-refractivity contribution in [2.45, 2.75) is 82.3 Å². The van der Waals surface area contributed by atoms with Gasteiger partial charge in [-0.3, -0.25) is 77.0 Å². The summed E-state index contributed by atoms with van der Waals surface area (Å²) in [5.74, 6) is -6.61. The Morgan fingerprint density at radius 2 is 1.21 bits per heavy atom. The van der Waals surface area contributed by atoms with Crippen molar-refractivity contribution in [3.8, 4) is 5.75 Å². The first kappa shape index (κ1) is 89.5. The van der Waals surface area contributed by atoms with Crippen LogP contribution < -0.4 is 46.8 Å². The van der Waals surface area contributed by atoms with Crippen molar-refractivity contribution in [3.05, 3.63) is 81.4 Å². The number of rotatable bonds is 49. The summed E-state index contributed by atoms with van der Waals surface area (Å²) in [5, 5.41) is 55.7. The second kappa shape index (κ2) is 46.9. The highest BCUT2D eigenvalue weighted by molar-refractivity contribution is 7.89. The molecular formula is C66H103N15O23P2S. The lowest BCUT2D eigenvalue weighted by Crippen LogP contribution is -2.52. The van der Waals surface area contributed by atoms with Crippen LogP contribution in [0.1, 0.15) is 72.0 Å². The fourth-order valence-electron chi connectivity index (χ4n) is 11.3. The third kappa shape index (κ3) is 34.8. The molecule has 2 aromatic carbocycles. The van der Waals surface area contributed by atoms with Crippen LogP contribution in [0.15, 0.2) is 58.6 Å². The van der Waals surface area contributed by atoms with E-state index in [1.54, 1.807) is 61.8 Å². The molecule has 0 saturated carbocycles. The number of ether oxygens (including phenoxy) is 4. The normalized spacial score (nSPS) is 14.5. The number of imidazole rings is 1. The number of anilines is 1.